The number of rotatable bonds is 3. The lowest BCUT2D eigenvalue weighted by Gasteiger charge is -2.16. The fourth-order valence-corrected chi connectivity index (χ4v) is 2.62. The summed E-state index contributed by atoms with van der Waals surface area (Å²) < 4.78 is 0. The first kappa shape index (κ1) is 14.2. The molecule has 0 spiro atoms. The highest BCUT2D eigenvalue weighted by atomic mass is 16.4. The first-order valence-electron chi connectivity index (χ1n) is 7.09. The van der Waals surface area contributed by atoms with Crippen molar-refractivity contribution < 1.29 is 14.7 Å². The average Bonchev–Trinajstić information content (AvgIpc) is 2.97. The lowest BCUT2D eigenvalue weighted by molar-refractivity contribution is -0.118. The molecule has 1 aliphatic rings. The molecule has 1 N–H and O–H groups in total. The van der Waals surface area contributed by atoms with Gasteiger partial charge in [0.15, 0.2) is 0 Å². The largest absolute Gasteiger partial charge is 0.475 e. The standard InChI is InChI=1S/C16H15N3O3/c1-2-14(20)19-6-5-11-7-10(3-4-13(11)19)12-8-17-15(16(21)22)18-9-12/h3-4,7-9H,2,5-6H2,1H3,(H,21,22). The molecule has 0 unspecified atom stereocenters. The molecule has 1 aromatic heterocycles. The third kappa shape index (κ3) is 2.43. The van der Waals surface area contributed by atoms with Gasteiger partial charge in [0.1, 0.15) is 0 Å². The zero-order valence-corrected chi connectivity index (χ0v) is 12.1. The first-order chi connectivity index (χ1) is 10.6. The predicted molar refractivity (Wildman–Crippen MR) is 80.8 cm³/mol. The summed E-state index contributed by atoms with van der Waals surface area (Å²) in [5, 5.41) is 8.82. The van der Waals surface area contributed by atoms with Crippen molar-refractivity contribution in [2.75, 3.05) is 11.4 Å². The highest BCUT2D eigenvalue weighted by molar-refractivity contribution is 5.95. The summed E-state index contributed by atoms with van der Waals surface area (Å²) in [5.41, 5.74) is 3.75. The second-order valence-electron chi connectivity index (χ2n) is 5.09. The van der Waals surface area contributed by atoms with Crippen LogP contribution < -0.4 is 4.90 Å². The number of carboxylic acid groups (broad SMARTS) is 1. The predicted octanol–water partition coefficient (Wildman–Crippen LogP) is 2.14. The van der Waals surface area contributed by atoms with Gasteiger partial charge in [0, 0.05) is 36.6 Å². The number of hydrogen-bond donors (Lipinski definition) is 1. The number of fused-ring (bicyclic) bond motifs is 1. The number of carboxylic acids is 1. The van der Waals surface area contributed by atoms with E-state index in [9.17, 15) is 9.59 Å². The van der Waals surface area contributed by atoms with E-state index in [-0.39, 0.29) is 11.7 Å². The molecule has 0 radical (unpaired) electrons. The Balaban J connectivity index is 1.91. The lowest BCUT2D eigenvalue weighted by Crippen LogP contribution is -2.27. The van der Waals surface area contributed by atoms with Crippen molar-refractivity contribution in [2.45, 2.75) is 19.8 Å². The number of carbonyl (C=O) groups is 2. The zero-order valence-electron chi connectivity index (χ0n) is 12.1. The van der Waals surface area contributed by atoms with Gasteiger partial charge in [-0.2, -0.15) is 0 Å². The van der Waals surface area contributed by atoms with Crippen LogP contribution in [0, 0.1) is 0 Å². The molecule has 0 saturated carbocycles. The van der Waals surface area contributed by atoms with Gasteiger partial charge in [-0.3, -0.25) is 4.79 Å². The monoisotopic (exact) mass is 297 g/mol. The minimum atomic E-state index is -1.14. The molecule has 2 heterocycles. The Morgan fingerprint density at radius 1 is 1.23 bits per heavy atom. The second-order valence-corrected chi connectivity index (χ2v) is 5.09. The van der Waals surface area contributed by atoms with E-state index in [0.29, 0.717) is 13.0 Å². The summed E-state index contributed by atoms with van der Waals surface area (Å²) in [6.07, 6.45) is 4.32. The highest BCUT2D eigenvalue weighted by Crippen LogP contribution is 2.32. The SMILES string of the molecule is CCC(=O)N1CCc2cc(-c3cnc(C(=O)O)nc3)ccc21. The molecule has 0 aliphatic carbocycles. The molecule has 0 atom stereocenters. The quantitative estimate of drug-likeness (QED) is 0.938. The van der Waals surface area contributed by atoms with Crippen LogP contribution in [0.4, 0.5) is 5.69 Å². The Labute approximate surface area is 127 Å². The highest BCUT2D eigenvalue weighted by Gasteiger charge is 2.23. The lowest BCUT2D eigenvalue weighted by atomic mass is 10.0. The van der Waals surface area contributed by atoms with Gasteiger partial charge in [-0.25, -0.2) is 14.8 Å². The molecule has 1 amide bonds. The van der Waals surface area contributed by atoms with Crippen molar-refractivity contribution >= 4 is 17.6 Å². The summed E-state index contributed by atoms with van der Waals surface area (Å²) in [5.74, 6) is -1.24. The van der Waals surface area contributed by atoms with Crippen LogP contribution in [-0.2, 0) is 11.2 Å². The number of aromatic carboxylic acids is 1. The van der Waals surface area contributed by atoms with Crippen LogP contribution in [0.2, 0.25) is 0 Å². The smallest absolute Gasteiger partial charge is 0.373 e. The summed E-state index contributed by atoms with van der Waals surface area (Å²) in [7, 11) is 0. The van der Waals surface area contributed by atoms with E-state index >= 15 is 0 Å². The minimum Gasteiger partial charge on any atom is -0.475 e. The molecule has 1 aliphatic heterocycles. The molecule has 0 bridgehead atoms. The maximum Gasteiger partial charge on any atom is 0.373 e. The topological polar surface area (TPSA) is 83.4 Å². The number of amides is 1. The van der Waals surface area contributed by atoms with Gasteiger partial charge in [0.05, 0.1) is 0 Å². The van der Waals surface area contributed by atoms with E-state index in [1.165, 1.54) is 12.4 Å². The molecule has 6 heteroatoms. The first-order valence-corrected chi connectivity index (χ1v) is 7.09. The van der Waals surface area contributed by atoms with Gasteiger partial charge in [-0.05, 0) is 29.7 Å². The Hall–Kier alpha value is -2.76. The number of carbonyl (C=O) groups excluding carboxylic acids is 1. The molecule has 0 fully saturated rings. The van der Waals surface area contributed by atoms with Crippen LogP contribution in [0.1, 0.15) is 29.5 Å². The normalized spacial score (nSPS) is 13.0. The summed E-state index contributed by atoms with van der Waals surface area (Å²) >= 11 is 0. The van der Waals surface area contributed by atoms with Crippen LogP contribution in [0.3, 0.4) is 0 Å². The van der Waals surface area contributed by atoms with Crippen LogP contribution in [-0.4, -0.2) is 33.5 Å². The van der Waals surface area contributed by atoms with Gasteiger partial charge in [-0.15, -0.1) is 0 Å². The maximum atomic E-state index is 11.9. The van der Waals surface area contributed by atoms with Crippen LogP contribution in [0.5, 0.6) is 0 Å². The number of aromatic nitrogens is 2. The van der Waals surface area contributed by atoms with Crippen LogP contribution in [0.15, 0.2) is 30.6 Å². The molecule has 112 valence electrons. The van der Waals surface area contributed by atoms with Gasteiger partial charge in [0.2, 0.25) is 11.7 Å². The number of anilines is 1. The molecule has 0 saturated heterocycles. The van der Waals surface area contributed by atoms with E-state index in [4.69, 9.17) is 5.11 Å². The van der Waals surface area contributed by atoms with E-state index < -0.39 is 5.97 Å². The van der Waals surface area contributed by atoms with Crippen molar-refractivity contribution in [2.24, 2.45) is 0 Å². The third-order valence-electron chi connectivity index (χ3n) is 3.76. The summed E-state index contributed by atoms with van der Waals surface area (Å²) in [4.78, 5) is 32.1. The zero-order chi connectivity index (χ0) is 15.7. The Morgan fingerprint density at radius 2 is 1.95 bits per heavy atom. The third-order valence-corrected chi connectivity index (χ3v) is 3.76. The van der Waals surface area contributed by atoms with Crippen molar-refractivity contribution in [3.8, 4) is 11.1 Å². The van der Waals surface area contributed by atoms with Crippen molar-refractivity contribution in [3.63, 3.8) is 0 Å². The van der Waals surface area contributed by atoms with Gasteiger partial charge in [-0.1, -0.05) is 13.0 Å². The molecule has 3 rings (SSSR count). The second kappa shape index (κ2) is 5.55. The number of benzene rings is 1. The van der Waals surface area contributed by atoms with E-state index in [2.05, 4.69) is 9.97 Å². The number of hydrogen-bond acceptors (Lipinski definition) is 4. The van der Waals surface area contributed by atoms with Gasteiger partial charge < -0.3 is 10.0 Å². The minimum absolute atomic E-state index is 0.126. The van der Waals surface area contributed by atoms with Crippen molar-refractivity contribution in [3.05, 3.63) is 42.0 Å². The molecule has 22 heavy (non-hydrogen) atoms. The fourth-order valence-electron chi connectivity index (χ4n) is 2.62. The summed E-state index contributed by atoms with van der Waals surface area (Å²) in [6, 6.07) is 5.84. The van der Waals surface area contributed by atoms with Gasteiger partial charge >= 0.3 is 5.97 Å². The molecule has 6 nitrogen and oxygen atoms in total. The Morgan fingerprint density at radius 3 is 2.59 bits per heavy atom. The number of nitrogens with zero attached hydrogens (tertiary/aromatic N) is 3. The van der Waals surface area contributed by atoms with E-state index in [1.807, 2.05) is 30.0 Å². The average molecular weight is 297 g/mol. The molecular weight excluding hydrogens is 282 g/mol. The van der Waals surface area contributed by atoms with Gasteiger partial charge in [0.25, 0.3) is 0 Å². The van der Waals surface area contributed by atoms with Crippen LogP contribution in [0.25, 0.3) is 11.1 Å². The Kier molecular flexibility index (Phi) is 3.58. The Bertz CT molecular complexity index is 741. The molecule has 2 aromatic rings. The molecular formula is C16H15N3O3. The maximum absolute atomic E-state index is 11.9. The van der Waals surface area contributed by atoms with E-state index in [1.54, 1.807) is 0 Å². The van der Waals surface area contributed by atoms with E-state index in [0.717, 1.165) is 28.8 Å². The fraction of sp³-hybridized carbons (Fsp3) is 0.250. The summed E-state index contributed by atoms with van der Waals surface area (Å²) in [6.45, 7) is 2.57. The van der Waals surface area contributed by atoms with Crippen molar-refractivity contribution in [1.29, 1.82) is 0 Å². The molecule has 1 aromatic carbocycles. The van der Waals surface area contributed by atoms with Crippen molar-refractivity contribution in [1.82, 2.24) is 9.97 Å². The van der Waals surface area contributed by atoms with Crippen LogP contribution >= 0.6 is 0 Å².